The lowest BCUT2D eigenvalue weighted by Gasteiger charge is -2.31. The number of benzene rings is 1. The van der Waals surface area contributed by atoms with Gasteiger partial charge in [-0.1, -0.05) is 25.5 Å². The van der Waals surface area contributed by atoms with Crippen LogP contribution in [0.25, 0.3) is 0 Å². The van der Waals surface area contributed by atoms with Gasteiger partial charge in [0.1, 0.15) is 0 Å². The van der Waals surface area contributed by atoms with Crippen molar-refractivity contribution in [3.05, 3.63) is 35.4 Å². The third kappa shape index (κ3) is 3.11. The molecule has 0 saturated carbocycles. The molecule has 1 heterocycles. The third-order valence-electron chi connectivity index (χ3n) is 4.08. The molecule has 1 aliphatic heterocycles. The smallest absolute Gasteiger partial charge is 0.376 e. The molecule has 22 heavy (non-hydrogen) atoms. The van der Waals surface area contributed by atoms with Crippen LogP contribution in [0.2, 0.25) is 0 Å². The van der Waals surface area contributed by atoms with Gasteiger partial charge in [-0.05, 0) is 37.0 Å². The molecule has 3 nitrogen and oxygen atoms in total. The number of halogens is 3. The number of rotatable bonds is 4. The summed E-state index contributed by atoms with van der Waals surface area (Å²) in [6.45, 7) is 2.95. The molecular weight excluding hydrogens is 295 g/mol. The lowest BCUT2D eigenvalue weighted by Crippen LogP contribution is -2.42. The quantitative estimate of drug-likeness (QED) is 0.924. The van der Waals surface area contributed by atoms with Crippen LogP contribution < -0.4 is 0 Å². The highest BCUT2D eigenvalue weighted by Crippen LogP contribution is 2.42. The Morgan fingerprint density at radius 3 is 2.18 bits per heavy atom. The zero-order valence-corrected chi connectivity index (χ0v) is 12.5. The van der Waals surface area contributed by atoms with E-state index >= 15 is 0 Å². The highest BCUT2D eigenvalue weighted by molar-refractivity contribution is 5.94. The normalized spacial score (nSPS) is 18.3. The van der Waals surface area contributed by atoms with Crippen LogP contribution in [0, 0.1) is 0 Å². The predicted octanol–water partition coefficient (Wildman–Crippen LogP) is 3.47. The number of carbonyl (C=O) groups is 1. The first-order valence-electron chi connectivity index (χ1n) is 7.48. The summed E-state index contributed by atoms with van der Waals surface area (Å²) in [6.07, 6.45) is -3.05. The average Bonchev–Trinajstić information content (AvgIpc) is 3.00. The van der Waals surface area contributed by atoms with Gasteiger partial charge in [0.05, 0.1) is 0 Å². The van der Waals surface area contributed by atoms with Crippen molar-refractivity contribution >= 4 is 5.91 Å². The van der Waals surface area contributed by atoms with Crippen LogP contribution in [0.5, 0.6) is 0 Å². The van der Waals surface area contributed by atoms with Gasteiger partial charge in [0, 0.05) is 18.7 Å². The van der Waals surface area contributed by atoms with Crippen LogP contribution in [0.4, 0.5) is 13.2 Å². The zero-order valence-electron chi connectivity index (χ0n) is 12.5. The number of carbonyl (C=O) groups excluding carboxylic acids is 1. The maximum Gasteiger partial charge on any atom is 0.421 e. The molecule has 6 heteroatoms. The summed E-state index contributed by atoms with van der Waals surface area (Å²) in [5.74, 6) is -0.171. The molecule has 2 rings (SSSR count). The van der Waals surface area contributed by atoms with Gasteiger partial charge in [-0.15, -0.1) is 0 Å². The van der Waals surface area contributed by atoms with Gasteiger partial charge in [0.15, 0.2) is 5.60 Å². The van der Waals surface area contributed by atoms with Gasteiger partial charge in [-0.2, -0.15) is 13.2 Å². The lowest BCUT2D eigenvalue weighted by molar-refractivity contribution is -0.269. The van der Waals surface area contributed by atoms with Crippen molar-refractivity contribution in [2.24, 2.45) is 0 Å². The Morgan fingerprint density at radius 2 is 1.73 bits per heavy atom. The van der Waals surface area contributed by atoms with Crippen LogP contribution in [0.1, 0.15) is 48.5 Å². The Hall–Kier alpha value is -1.56. The minimum atomic E-state index is -4.75. The number of likely N-dealkylation sites (tertiary alicyclic amines) is 1. The van der Waals surface area contributed by atoms with E-state index in [4.69, 9.17) is 0 Å². The van der Waals surface area contributed by atoms with E-state index in [-0.39, 0.29) is 17.9 Å². The molecule has 0 aliphatic carbocycles. The molecule has 1 amide bonds. The van der Waals surface area contributed by atoms with Crippen LogP contribution in [0.15, 0.2) is 24.3 Å². The summed E-state index contributed by atoms with van der Waals surface area (Å²) < 4.78 is 39.5. The summed E-state index contributed by atoms with van der Waals surface area (Å²) in [4.78, 5) is 13.9. The molecular formula is C16H20F3NO2. The van der Waals surface area contributed by atoms with E-state index in [2.05, 4.69) is 0 Å². The minimum Gasteiger partial charge on any atom is -0.376 e. The molecule has 122 valence electrons. The number of hydrogen-bond donors (Lipinski definition) is 1. The van der Waals surface area contributed by atoms with Gasteiger partial charge in [-0.25, -0.2) is 0 Å². The SMILES string of the molecule is CCCC(O)(c1ccc(C(=O)N2CCCC2)cc1)C(F)(F)F. The highest BCUT2D eigenvalue weighted by atomic mass is 19.4. The van der Waals surface area contributed by atoms with Crippen LogP contribution in [-0.2, 0) is 5.60 Å². The summed E-state index contributed by atoms with van der Waals surface area (Å²) >= 11 is 0. The molecule has 1 aromatic rings. The summed E-state index contributed by atoms with van der Waals surface area (Å²) in [5.41, 5.74) is -2.73. The van der Waals surface area contributed by atoms with Crippen molar-refractivity contribution in [3.63, 3.8) is 0 Å². The van der Waals surface area contributed by atoms with E-state index in [1.54, 1.807) is 11.8 Å². The number of amides is 1. The standard InChI is InChI=1S/C16H20F3NO2/c1-2-9-15(22,16(17,18)19)13-7-5-12(6-8-13)14(21)20-10-3-4-11-20/h5-8,22H,2-4,9-11H2,1H3. The second kappa shape index (κ2) is 6.28. The fourth-order valence-corrected chi connectivity index (χ4v) is 2.80. The molecule has 1 fully saturated rings. The fourth-order valence-electron chi connectivity index (χ4n) is 2.80. The van der Waals surface area contributed by atoms with Crippen molar-refractivity contribution in [3.8, 4) is 0 Å². The Bertz CT molecular complexity index is 521. The van der Waals surface area contributed by atoms with E-state index in [1.165, 1.54) is 24.3 Å². The molecule has 0 radical (unpaired) electrons. The van der Waals surface area contributed by atoms with Crippen LogP contribution in [-0.4, -0.2) is 35.2 Å². The second-order valence-corrected chi connectivity index (χ2v) is 5.68. The van der Waals surface area contributed by atoms with Gasteiger partial charge in [0.2, 0.25) is 0 Å². The van der Waals surface area contributed by atoms with Crippen LogP contribution >= 0.6 is 0 Å². The van der Waals surface area contributed by atoms with Gasteiger partial charge in [0.25, 0.3) is 5.91 Å². The predicted molar refractivity (Wildman–Crippen MR) is 76.4 cm³/mol. The van der Waals surface area contributed by atoms with Crippen LogP contribution in [0.3, 0.4) is 0 Å². The van der Waals surface area contributed by atoms with Crippen molar-refractivity contribution < 1.29 is 23.1 Å². The van der Waals surface area contributed by atoms with E-state index < -0.39 is 18.2 Å². The van der Waals surface area contributed by atoms with Crippen molar-refractivity contribution in [1.29, 1.82) is 0 Å². The molecule has 0 aromatic heterocycles. The van der Waals surface area contributed by atoms with E-state index in [0.29, 0.717) is 18.7 Å². The number of nitrogens with zero attached hydrogens (tertiary/aromatic N) is 1. The highest BCUT2D eigenvalue weighted by Gasteiger charge is 2.54. The third-order valence-corrected chi connectivity index (χ3v) is 4.08. The maximum absolute atomic E-state index is 13.2. The molecule has 0 spiro atoms. The Labute approximate surface area is 127 Å². The number of alkyl halides is 3. The first kappa shape index (κ1) is 16.8. The van der Waals surface area contributed by atoms with E-state index in [9.17, 15) is 23.1 Å². The second-order valence-electron chi connectivity index (χ2n) is 5.68. The average molecular weight is 315 g/mol. The summed E-state index contributed by atoms with van der Waals surface area (Å²) in [7, 11) is 0. The van der Waals surface area contributed by atoms with Gasteiger partial charge in [-0.3, -0.25) is 4.79 Å². The number of hydrogen-bond acceptors (Lipinski definition) is 2. The molecule has 1 aliphatic rings. The molecule has 1 atom stereocenters. The maximum atomic E-state index is 13.2. The number of aliphatic hydroxyl groups is 1. The monoisotopic (exact) mass is 315 g/mol. The first-order chi connectivity index (χ1) is 10.3. The zero-order chi connectivity index (χ0) is 16.4. The largest absolute Gasteiger partial charge is 0.421 e. The van der Waals surface area contributed by atoms with Crippen molar-refractivity contribution in [2.45, 2.75) is 44.4 Å². The molecule has 1 N–H and O–H groups in total. The Kier molecular flexibility index (Phi) is 4.80. The van der Waals surface area contributed by atoms with Gasteiger partial charge >= 0.3 is 6.18 Å². The fraction of sp³-hybridized carbons (Fsp3) is 0.562. The molecule has 1 unspecified atom stereocenters. The molecule has 1 aromatic carbocycles. The van der Waals surface area contributed by atoms with Crippen molar-refractivity contribution in [1.82, 2.24) is 4.90 Å². The Morgan fingerprint density at radius 1 is 1.18 bits per heavy atom. The molecule has 0 bridgehead atoms. The van der Waals surface area contributed by atoms with Crippen molar-refractivity contribution in [2.75, 3.05) is 13.1 Å². The summed E-state index contributed by atoms with van der Waals surface area (Å²) in [5, 5.41) is 10.0. The Balaban J connectivity index is 2.24. The van der Waals surface area contributed by atoms with E-state index in [1.807, 2.05) is 0 Å². The van der Waals surface area contributed by atoms with Gasteiger partial charge < -0.3 is 10.0 Å². The lowest BCUT2D eigenvalue weighted by atomic mass is 9.88. The minimum absolute atomic E-state index is 0.171. The summed E-state index contributed by atoms with van der Waals surface area (Å²) in [6, 6.07) is 5.13. The van der Waals surface area contributed by atoms with E-state index in [0.717, 1.165) is 12.8 Å². The first-order valence-corrected chi connectivity index (χ1v) is 7.48. The molecule has 1 saturated heterocycles. The topological polar surface area (TPSA) is 40.5 Å².